The summed E-state index contributed by atoms with van der Waals surface area (Å²) < 4.78 is 27.3. The van der Waals surface area contributed by atoms with Gasteiger partial charge in [-0.3, -0.25) is 0 Å². The summed E-state index contributed by atoms with van der Waals surface area (Å²) in [6, 6.07) is 12.2. The Hall–Kier alpha value is -1.89. The maximum absolute atomic E-state index is 11.8. The summed E-state index contributed by atoms with van der Waals surface area (Å²) in [6.07, 6.45) is 0. The topological polar surface area (TPSA) is 86.5 Å². The fourth-order valence-corrected chi connectivity index (χ4v) is 2.37. The first-order chi connectivity index (χ1) is 9.86. The van der Waals surface area contributed by atoms with Crippen LogP contribution in [0.5, 0.6) is 0 Å². The maximum atomic E-state index is 11.8. The Bertz CT molecular complexity index is 757. The normalized spacial score (nSPS) is 11.1. The van der Waals surface area contributed by atoms with Gasteiger partial charge in [0.15, 0.2) is 0 Å². The standard InChI is InChI=1S/C14H12ClNO4S/c15-12-3-1-2-10(8-12)9-20-14(17)11-4-6-13(7-5-11)21(16,18)19/h1-8H,9H2,(H2,16,18,19). The molecule has 0 spiro atoms. The van der Waals surface area contributed by atoms with Crippen LogP contribution in [0.25, 0.3) is 0 Å². The molecule has 0 aliphatic heterocycles. The van der Waals surface area contributed by atoms with Crippen LogP contribution >= 0.6 is 11.6 Å². The summed E-state index contributed by atoms with van der Waals surface area (Å²) in [5, 5.41) is 5.53. The highest BCUT2D eigenvalue weighted by Crippen LogP contribution is 2.13. The summed E-state index contributed by atoms with van der Waals surface area (Å²) in [4.78, 5) is 11.8. The molecule has 0 fully saturated rings. The van der Waals surface area contributed by atoms with Crippen LogP contribution in [0.4, 0.5) is 0 Å². The average molecular weight is 326 g/mol. The highest BCUT2D eigenvalue weighted by atomic mass is 35.5. The zero-order valence-electron chi connectivity index (χ0n) is 10.8. The van der Waals surface area contributed by atoms with E-state index in [1.807, 2.05) is 0 Å². The molecule has 0 saturated heterocycles. The SMILES string of the molecule is NS(=O)(=O)c1ccc(C(=O)OCc2cccc(Cl)c2)cc1. The van der Waals surface area contributed by atoms with E-state index >= 15 is 0 Å². The lowest BCUT2D eigenvalue weighted by Crippen LogP contribution is -2.12. The molecule has 0 bridgehead atoms. The van der Waals surface area contributed by atoms with E-state index < -0.39 is 16.0 Å². The lowest BCUT2D eigenvalue weighted by molar-refractivity contribution is 0.0472. The van der Waals surface area contributed by atoms with E-state index in [4.69, 9.17) is 21.5 Å². The number of carbonyl (C=O) groups is 1. The maximum Gasteiger partial charge on any atom is 0.338 e. The van der Waals surface area contributed by atoms with Crippen molar-refractivity contribution >= 4 is 27.6 Å². The summed E-state index contributed by atoms with van der Waals surface area (Å²) >= 11 is 5.83. The van der Waals surface area contributed by atoms with Gasteiger partial charge in [0, 0.05) is 5.02 Å². The van der Waals surface area contributed by atoms with Gasteiger partial charge in [-0.2, -0.15) is 0 Å². The van der Waals surface area contributed by atoms with Gasteiger partial charge in [0.05, 0.1) is 10.5 Å². The molecule has 0 amide bonds. The molecule has 0 unspecified atom stereocenters. The van der Waals surface area contributed by atoms with Crippen LogP contribution in [0, 0.1) is 0 Å². The van der Waals surface area contributed by atoms with Gasteiger partial charge < -0.3 is 4.74 Å². The Kier molecular flexibility index (Phi) is 4.62. The molecule has 2 aromatic carbocycles. The monoisotopic (exact) mass is 325 g/mol. The van der Waals surface area contributed by atoms with Gasteiger partial charge in [-0.1, -0.05) is 23.7 Å². The minimum atomic E-state index is -3.77. The molecule has 0 saturated carbocycles. The summed E-state index contributed by atoms with van der Waals surface area (Å²) in [6.45, 7) is 0.0797. The molecular weight excluding hydrogens is 314 g/mol. The van der Waals surface area contributed by atoms with Crippen molar-refractivity contribution in [2.75, 3.05) is 0 Å². The van der Waals surface area contributed by atoms with E-state index in [-0.39, 0.29) is 17.1 Å². The van der Waals surface area contributed by atoms with Crippen molar-refractivity contribution in [1.29, 1.82) is 0 Å². The molecule has 21 heavy (non-hydrogen) atoms. The molecule has 0 atom stereocenters. The zero-order valence-corrected chi connectivity index (χ0v) is 12.4. The van der Waals surface area contributed by atoms with Crippen molar-refractivity contribution < 1.29 is 17.9 Å². The smallest absolute Gasteiger partial charge is 0.338 e. The van der Waals surface area contributed by atoms with Gasteiger partial charge in [0.25, 0.3) is 0 Å². The Labute approximate surface area is 127 Å². The molecule has 5 nitrogen and oxygen atoms in total. The quantitative estimate of drug-likeness (QED) is 0.874. The van der Waals surface area contributed by atoms with Crippen molar-refractivity contribution in [3.05, 3.63) is 64.7 Å². The van der Waals surface area contributed by atoms with E-state index in [0.717, 1.165) is 5.56 Å². The Morgan fingerprint density at radius 2 is 1.81 bits per heavy atom. The number of carbonyl (C=O) groups excluding carboxylic acids is 1. The number of nitrogens with two attached hydrogens (primary N) is 1. The fraction of sp³-hybridized carbons (Fsp3) is 0.0714. The lowest BCUT2D eigenvalue weighted by atomic mass is 10.2. The van der Waals surface area contributed by atoms with E-state index in [9.17, 15) is 13.2 Å². The molecule has 110 valence electrons. The predicted molar refractivity (Wildman–Crippen MR) is 78.4 cm³/mol. The first-order valence-electron chi connectivity index (χ1n) is 5.91. The summed E-state index contributed by atoms with van der Waals surface area (Å²) in [5.74, 6) is -0.559. The van der Waals surface area contributed by atoms with Crippen molar-refractivity contribution in [2.24, 2.45) is 5.14 Å². The van der Waals surface area contributed by atoms with E-state index in [0.29, 0.717) is 5.02 Å². The average Bonchev–Trinajstić information content (AvgIpc) is 2.44. The van der Waals surface area contributed by atoms with E-state index in [1.165, 1.54) is 24.3 Å². The molecule has 0 aliphatic carbocycles. The highest BCUT2D eigenvalue weighted by molar-refractivity contribution is 7.89. The summed E-state index contributed by atoms with van der Waals surface area (Å²) in [7, 11) is -3.77. The first-order valence-corrected chi connectivity index (χ1v) is 7.83. The lowest BCUT2D eigenvalue weighted by Gasteiger charge is -2.06. The van der Waals surface area contributed by atoms with Crippen molar-refractivity contribution in [1.82, 2.24) is 0 Å². The molecule has 7 heteroatoms. The first kappa shape index (κ1) is 15.5. The molecule has 0 radical (unpaired) electrons. The van der Waals surface area contributed by atoms with Crippen LogP contribution in [-0.2, 0) is 21.4 Å². The van der Waals surface area contributed by atoms with E-state index in [1.54, 1.807) is 24.3 Å². The van der Waals surface area contributed by atoms with Gasteiger partial charge in [0.1, 0.15) is 6.61 Å². The largest absolute Gasteiger partial charge is 0.457 e. The number of ether oxygens (including phenoxy) is 1. The van der Waals surface area contributed by atoms with Crippen LogP contribution in [-0.4, -0.2) is 14.4 Å². The second-order valence-electron chi connectivity index (χ2n) is 4.28. The number of benzene rings is 2. The molecule has 2 rings (SSSR count). The molecule has 0 heterocycles. The third kappa shape index (κ3) is 4.29. The number of esters is 1. The molecule has 2 N–H and O–H groups in total. The van der Waals surface area contributed by atoms with Gasteiger partial charge in [-0.15, -0.1) is 0 Å². The Balaban J connectivity index is 2.04. The third-order valence-electron chi connectivity index (χ3n) is 2.68. The predicted octanol–water partition coefficient (Wildman–Crippen LogP) is 2.34. The molecular formula is C14H12ClNO4S. The number of primary sulfonamides is 1. The van der Waals surface area contributed by atoms with Crippen molar-refractivity contribution in [2.45, 2.75) is 11.5 Å². The number of sulfonamides is 1. The molecule has 2 aromatic rings. The van der Waals surface area contributed by atoms with Gasteiger partial charge in [-0.25, -0.2) is 18.4 Å². The number of hydrogen-bond donors (Lipinski definition) is 1. The van der Waals surface area contributed by atoms with Gasteiger partial charge >= 0.3 is 5.97 Å². The van der Waals surface area contributed by atoms with Crippen LogP contribution in [0.2, 0.25) is 5.02 Å². The van der Waals surface area contributed by atoms with Crippen LogP contribution in [0.3, 0.4) is 0 Å². The number of halogens is 1. The van der Waals surface area contributed by atoms with Gasteiger partial charge in [0.2, 0.25) is 10.0 Å². The Morgan fingerprint density at radius 1 is 1.14 bits per heavy atom. The highest BCUT2D eigenvalue weighted by Gasteiger charge is 2.11. The van der Waals surface area contributed by atoms with Crippen LogP contribution < -0.4 is 5.14 Å². The fourth-order valence-electron chi connectivity index (χ4n) is 1.64. The van der Waals surface area contributed by atoms with Gasteiger partial charge in [-0.05, 0) is 42.0 Å². The summed E-state index contributed by atoms with van der Waals surface area (Å²) in [5.41, 5.74) is 1.00. The second-order valence-corrected chi connectivity index (χ2v) is 6.27. The molecule has 0 aromatic heterocycles. The minimum Gasteiger partial charge on any atom is -0.457 e. The zero-order chi connectivity index (χ0) is 15.5. The van der Waals surface area contributed by atoms with Crippen LogP contribution in [0.1, 0.15) is 15.9 Å². The second kappa shape index (κ2) is 6.26. The van der Waals surface area contributed by atoms with Crippen LogP contribution in [0.15, 0.2) is 53.4 Å². The molecule has 0 aliphatic rings. The number of rotatable bonds is 4. The Morgan fingerprint density at radius 3 is 2.38 bits per heavy atom. The third-order valence-corrected chi connectivity index (χ3v) is 3.84. The van der Waals surface area contributed by atoms with E-state index in [2.05, 4.69) is 0 Å². The number of hydrogen-bond acceptors (Lipinski definition) is 4. The minimum absolute atomic E-state index is 0.0612. The van der Waals surface area contributed by atoms with Crippen molar-refractivity contribution in [3.63, 3.8) is 0 Å². The van der Waals surface area contributed by atoms with Crippen molar-refractivity contribution in [3.8, 4) is 0 Å².